The van der Waals surface area contributed by atoms with Crippen molar-refractivity contribution >= 4 is 11.9 Å². The molecule has 1 saturated carbocycles. The first-order valence-electron chi connectivity index (χ1n) is 8.29. The van der Waals surface area contributed by atoms with Crippen molar-refractivity contribution in [2.24, 2.45) is 17.8 Å². The Morgan fingerprint density at radius 1 is 1.33 bits per heavy atom. The summed E-state index contributed by atoms with van der Waals surface area (Å²) in [6.45, 7) is 6.58. The minimum Gasteiger partial charge on any atom is -0.462 e. The van der Waals surface area contributed by atoms with E-state index in [9.17, 15) is 14.7 Å². The molecule has 2 saturated heterocycles. The molecule has 7 heteroatoms. The van der Waals surface area contributed by atoms with Crippen LogP contribution in [0.3, 0.4) is 0 Å². The lowest BCUT2D eigenvalue weighted by atomic mass is 9.70. The zero-order valence-electron chi connectivity index (χ0n) is 14.1. The van der Waals surface area contributed by atoms with E-state index in [1.807, 2.05) is 13.0 Å². The molecule has 1 N–H and O–H groups in total. The second kappa shape index (κ2) is 4.59. The topological polar surface area (TPSA) is 91.3 Å². The molecule has 0 spiro atoms. The van der Waals surface area contributed by atoms with Gasteiger partial charge in [-0.25, -0.2) is 9.78 Å². The lowest BCUT2D eigenvalue weighted by Crippen LogP contribution is -2.56. The summed E-state index contributed by atoms with van der Waals surface area (Å²) in [5, 5.41) is 11.2. The number of carbonyl (C=O) groups is 2. The Balaban J connectivity index is 1.85. The predicted octanol–water partition coefficient (Wildman–Crippen LogP) is 0.896. The molecule has 0 amide bonds. The van der Waals surface area contributed by atoms with Crippen LogP contribution in [0.25, 0.3) is 0 Å². The van der Waals surface area contributed by atoms with Crippen LogP contribution < -0.4 is 0 Å². The highest BCUT2D eigenvalue weighted by molar-refractivity contribution is 5.75. The van der Waals surface area contributed by atoms with Gasteiger partial charge in [-0.3, -0.25) is 9.59 Å². The van der Waals surface area contributed by atoms with Gasteiger partial charge in [0.15, 0.2) is 5.60 Å². The van der Waals surface area contributed by atoms with Crippen molar-refractivity contribution < 1.29 is 33.9 Å². The van der Waals surface area contributed by atoms with Crippen molar-refractivity contribution in [1.29, 1.82) is 0 Å². The van der Waals surface area contributed by atoms with Crippen LogP contribution >= 0.6 is 0 Å². The number of carbonyl (C=O) groups excluding carboxylic acids is 2. The van der Waals surface area contributed by atoms with Crippen LogP contribution in [0.15, 0.2) is 12.2 Å². The summed E-state index contributed by atoms with van der Waals surface area (Å²) in [6, 6.07) is 0. The molecule has 4 aliphatic rings. The fourth-order valence-corrected chi connectivity index (χ4v) is 5.02. The van der Waals surface area contributed by atoms with E-state index in [1.54, 1.807) is 19.9 Å². The largest absolute Gasteiger partial charge is 0.462 e. The third kappa shape index (κ3) is 1.78. The molecule has 2 aliphatic carbocycles. The smallest absolute Gasteiger partial charge is 0.309 e. The summed E-state index contributed by atoms with van der Waals surface area (Å²) in [7, 11) is 0. The Labute approximate surface area is 139 Å². The van der Waals surface area contributed by atoms with Crippen molar-refractivity contribution in [3.05, 3.63) is 12.2 Å². The molecule has 0 aromatic heterocycles. The zero-order chi connectivity index (χ0) is 17.5. The first-order valence-corrected chi connectivity index (χ1v) is 8.29. The predicted molar refractivity (Wildman–Crippen MR) is 79.3 cm³/mol. The summed E-state index contributed by atoms with van der Waals surface area (Å²) >= 11 is 0. The summed E-state index contributed by atoms with van der Waals surface area (Å²) in [5.41, 5.74) is -3.29. The number of fused-ring (bicyclic) bond motifs is 1. The highest BCUT2D eigenvalue weighted by atomic mass is 17.2. The van der Waals surface area contributed by atoms with Crippen molar-refractivity contribution in [2.75, 3.05) is 0 Å². The second-order valence-corrected chi connectivity index (χ2v) is 7.85. The molecule has 0 aromatic carbocycles. The van der Waals surface area contributed by atoms with Gasteiger partial charge in [0.05, 0.1) is 11.8 Å². The van der Waals surface area contributed by atoms with Gasteiger partial charge < -0.3 is 14.6 Å². The molecule has 24 heavy (non-hydrogen) atoms. The Kier molecular flexibility index (Phi) is 3.07. The molecule has 3 fully saturated rings. The summed E-state index contributed by atoms with van der Waals surface area (Å²) in [4.78, 5) is 34.9. The van der Waals surface area contributed by atoms with Crippen LogP contribution in [0.5, 0.6) is 0 Å². The monoisotopic (exact) mass is 338 g/mol. The van der Waals surface area contributed by atoms with Gasteiger partial charge in [0.25, 0.3) is 0 Å². The third-order valence-corrected chi connectivity index (χ3v) is 6.20. The van der Waals surface area contributed by atoms with Crippen LogP contribution in [0.2, 0.25) is 0 Å². The molecule has 0 radical (unpaired) electrons. The van der Waals surface area contributed by atoms with E-state index in [0.717, 1.165) is 0 Å². The van der Waals surface area contributed by atoms with Gasteiger partial charge in [-0.05, 0) is 19.9 Å². The van der Waals surface area contributed by atoms with Crippen molar-refractivity contribution in [3.63, 3.8) is 0 Å². The van der Waals surface area contributed by atoms with Crippen LogP contribution in [0, 0.1) is 17.8 Å². The summed E-state index contributed by atoms with van der Waals surface area (Å²) < 4.78 is 11.2. The van der Waals surface area contributed by atoms with Crippen LogP contribution in [0.1, 0.15) is 34.1 Å². The van der Waals surface area contributed by atoms with Gasteiger partial charge in [-0.1, -0.05) is 13.0 Å². The number of hydrogen-bond donors (Lipinski definition) is 1. The SMILES string of the molecule is CC(=O)O[C@@H]1C[C@@](C)(O)[C@]23C=C[C@](C)(OO2)[C@@H]3[C@H]2OC(=O)[C@H](C)[C@H]21. The molecule has 2 heterocycles. The molecular weight excluding hydrogens is 316 g/mol. The van der Waals surface area contributed by atoms with Gasteiger partial charge in [0, 0.05) is 19.3 Å². The van der Waals surface area contributed by atoms with Gasteiger partial charge in [0.2, 0.25) is 0 Å². The number of hydrogen-bond acceptors (Lipinski definition) is 7. The number of aliphatic hydroxyl groups is 1. The molecule has 2 aliphatic heterocycles. The average molecular weight is 338 g/mol. The van der Waals surface area contributed by atoms with Gasteiger partial charge in [-0.15, -0.1) is 0 Å². The minimum absolute atomic E-state index is 0.134. The second-order valence-electron chi connectivity index (χ2n) is 7.85. The first kappa shape index (κ1) is 16.1. The minimum atomic E-state index is -1.35. The van der Waals surface area contributed by atoms with Crippen LogP contribution in [-0.4, -0.2) is 46.1 Å². The van der Waals surface area contributed by atoms with E-state index in [-0.39, 0.29) is 18.3 Å². The number of rotatable bonds is 1. The van der Waals surface area contributed by atoms with E-state index in [0.29, 0.717) is 0 Å². The highest BCUT2D eigenvalue weighted by Crippen LogP contribution is 2.61. The molecular formula is C17H22O7. The Morgan fingerprint density at radius 2 is 2.04 bits per heavy atom. The van der Waals surface area contributed by atoms with Crippen LogP contribution in [-0.2, 0) is 28.8 Å². The number of esters is 2. The fourth-order valence-electron chi connectivity index (χ4n) is 5.02. The quantitative estimate of drug-likeness (QED) is 0.431. The third-order valence-electron chi connectivity index (χ3n) is 6.20. The molecule has 0 unspecified atom stereocenters. The maximum atomic E-state index is 12.2. The Bertz CT molecular complexity index is 641. The van der Waals surface area contributed by atoms with Crippen molar-refractivity contribution in [3.8, 4) is 0 Å². The maximum Gasteiger partial charge on any atom is 0.309 e. The fraction of sp³-hybridized carbons (Fsp3) is 0.765. The van der Waals surface area contributed by atoms with Crippen LogP contribution in [0.4, 0.5) is 0 Å². The molecule has 8 atom stereocenters. The van der Waals surface area contributed by atoms with E-state index in [1.165, 1.54) is 6.92 Å². The molecule has 132 valence electrons. The van der Waals surface area contributed by atoms with E-state index in [2.05, 4.69) is 0 Å². The van der Waals surface area contributed by atoms with Gasteiger partial charge >= 0.3 is 11.9 Å². The Morgan fingerprint density at radius 3 is 2.62 bits per heavy atom. The van der Waals surface area contributed by atoms with E-state index < -0.39 is 46.8 Å². The standard InChI is InChI=1S/C17H22O7/c1-8-11-10(21-9(2)18)7-16(4,20)17-6-5-15(3,23-24-17)13(17)12(11)22-14(8)19/h5-6,8,10-13,20H,7H2,1-4H3/t8-,10-,11+,12+,13+,15+,16-,17-/m1/s1. The molecule has 7 nitrogen and oxygen atoms in total. The lowest BCUT2D eigenvalue weighted by Gasteiger charge is -2.40. The van der Waals surface area contributed by atoms with Gasteiger partial charge in [0.1, 0.15) is 23.4 Å². The van der Waals surface area contributed by atoms with Crippen molar-refractivity contribution in [2.45, 2.75) is 63.1 Å². The number of ether oxygens (including phenoxy) is 2. The maximum absolute atomic E-state index is 12.2. The normalized spacial score (nSPS) is 54.9. The summed E-state index contributed by atoms with van der Waals surface area (Å²) in [6.07, 6.45) is 2.59. The first-order chi connectivity index (χ1) is 11.1. The van der Waals surface area contributed by atoms with E-state index >= 15 is 0 Å². The average Bonchev–Trinajstić information content (AvgIpc) is 3.01. The molecule has 0 aromatic rings. The highest BCUT2D eigenvalue weighted by Gasteiger charge is 2.75. The zero-order valence-corrected chi connectivity index (χ0v) is 14.1. The van der Waals surface area contributed by atoms with Crippen molar-refractivity contribution in [1.82, 2.24) is 0 Å². The molecule has 4 rings (SSSR count). The van der Waals surface area contributed by atoms with E-state index in [4.69, 9.17) is 19.2 Å². The molecule has 2 bridgehead atoms. The Hall–Kier alpha value is -1.44. The lowest BCUT2D eigenvalue weighted by molar-refractivity contribution is -0.361. The van der Waals surface area contributed by atoms with Gasteiger partial charge in [-0.2, -0.15) is 0 Å². The summed E-state index contributed by atoms with van der Waals surface area (Å²) in [5.74, 6) is -1.97.